The summed E-state index contributed by atoms with van der Waals surface area (Å²) in [5, 5.41) is 2.51. The van der Waals surface area contributed by atoms with Crippen molar-refractivity contribution >= 4 is 49.3 Å². The highest BCUT2D eigenvalue weighted by Gasteiger charge is 2.13. The van der Waals surface area contributed by atoms with Crippen molar-refractivity contribution in [1.29, 1.82) is 0 Å². The molecule has 19 heavy (non-hydrogen) atoms. The molecule has 1 aliphatic rings. The summed E-state index contributed by atoms with van der Waals surface area (Å²) in [6.07, 6.45) is 9.85. The van der Waals surface area contributed by atoms with Gasteiger partial charge in [-0.2, -0.15) is 0 Å². The summed E-state index contributed by atoms with van der Waals surface area (Å²) in [6, 6.07) is 10.6. The molecule has 0 unspecified atom stereocenters. The molecule has 0 saturated heterocycles. The summed E-state index contributed by atoms with van der Waals surface area (Å²) in [5.41, 5.74) is 9.66. The van der Waals surface area contributed by atoms with Gasteiger partial charge < -0.3 is 5.73 Å². The maximum atomic E-state index is 6.20. The molecule has 0 radical (unpaired) electrons. The third kappa shape index (κ3) is 1.53. The molecule has 4 rings (SSSR count). The summed E-state index contributed by atoms with van der Waals surface area (Å²) in [6.45, 7) is 0. The molecule has 92 valence electrons. The zero-order valence-electron chi connectivity index (χ0n) is 10.4. The molecule has 0 amide bonds. The van der Waals surface area contributed by atoms with Crippen LogP contribution in [0.15, 0.2) is 42.5 Å². The van der Waals surface area contributed by atoms with Crippen LogP contribution in [-0.4, -0.2) is 0 Å². The number of nitrogen functional groups attached to an aromatic ring is 1. The van der Waals surface area contributed by atoms with Crippen molar-refractivity contribution in [1.82, 2.24) is 0 Å². The Kier molecular flexibility index (Phi) is 2.26. The van der Waals surface area contributed by atoms with Gasteiger partial charge >= 0.3 is 0 Å². The summed E-state index contributed by atoms with van der Waals surface area (Å²) >= 11 is 1.82. The Bertz CT molecular complexity index is 852. The first-order chi connectivity index (χ1) is 9.34. The van der Waals surface area contributed by atoms with E-state index in [1.165, 1.54) is 31.3 Å². The zero-order valence-corrected chi connectivity index (χ0v) is 11.2. The first-order valence-corrected chi connectivity index (χ1v) is 7.23. The number of rotatable bonds is 0. The minimum Gasteiger partial charge on any atom is -0.398 e. The van der Waals surface area contributed by atoms with E-state index in [1.807, 2.05) is 23.5 Å². The van der Waals surface area contributed by atoms with E-state index >= 15 is 0 Å². The Morgan fingerprint density at radius 2 is 1.74 bits per heavy atom. The van der Waals surface area contributed by atoms with Crippen LogP contribution in [0.3, 0.4) is 0 Å². The summed E-state index contributed by atoms with van der Waals surface area (Å²) in [7, 11) is 0. The van der Waals surface area contributed by atoms with Crippen molar-refractivity contribution < 1.29 is 0 Å². The molecule has 1 aliphatic carbocycles. The summed E-state index contributed by atoms with van der Waals surface area (Å²) in [5.74, 6) is 0. The Morgan fingerprint density at radius 1 is 0.895 bits per heavy atom. The topological polar surface area (TPSA) is 26.0 Å². The van der Waals surface area contributed by atoms with Crippen LogP contribution in [-0.2, 0) is 0 Å². The van der Waals surface area contributed by atoms with E-state index in [1.54, 1.807) is 0 Å². The highest BCUT2D eigenvalue weighted by Crippen LogP contribution is 2.41. The van der Waals surface area contributed by atoms with Crippen molar-refractivity contribution in [2.75, 3.05) is 5.73 Å². The number of allylic oxidation sites excluding steroid dienone is 2. The van der Waals surface area contributed by atoms with Crippen LogP contribution < -0.4 is 5.73 Å². The average Bonchev–Trinajstić information content (AvgIpc) is 2.64. The van der Waals surface area contributed by atoms with Gasteiger partial charge in [0.1, 0.15) is 0 Å². The van der Waals surface area contributed by atoms with Crippen molar-refractivity contribution in [3.05, 3.63) is 53.6 Å². The maximum absolute atomic E-state index is 6.20. The lowest BCUT2D eigenvalue weighted by Gasteiger charge is -2.04. The molecule has 0 spiro atoms. The fourth-order valence-electron chi connectivity index (χ4n) is 2.76. The van der Waals surface area contributed by atoms with Crippen LogP contribution in [0.1, 0.15) is 17.5 Å². The number of hydrogen-bond acceptors (Lipinski definition) is 2. The van der Waals surface area contributed by atoms with E-state index in [0.717, 1.165) is 12.1 Å². The van der Waals surface area contributed by atoms with Crippen LogP contribution in [0, 0.1) is 0 Å². The van der Waals surface area contributed by atoms with E-state index in [9.17, 15) is 0 Å². The third-order valence-corrected chi connectivity index (χ3v) is 4.74. The predicted molar refractivity (Wildman–Crippen MR) is 86.4 cm³/mol. The number of thiophene rings is 1. The minimum absolute atomic E-state index is 0.874. The van der Waals surface area contributed by atoms with E-state index in [2.05, 4.69) is 42.5 Å². The van der Waals surface area contributed by atoms with E-state index < -0.39 is 0 Å². The smallest absolute Gasteiger partial charge is 0.0408 e. The highest BCUT2D eigenvalue weighted by molar-refractivity contribution is 7.26. The van der Waals surface area contributed by atoms with Gasteiger partial charge in [0.25, 0.3) is 0 Å². The Hall–Kier alpha value is -2.06. The SMILES string of the molecule is Nc1cccc2sc3ccc4c(c3c12)C=CCC=C4. The molecule has 0 fully saturated rings. The Labute approximate surface area is 115 Å². The molecular formula is C17H13NS. The summed E-state index contributed by atoms with van der Waals surface area (Å²) < 4.78 is 2.58. The molecule has 2 aromatic carbocycles. The van der Waals surface area contributed by atoms with Gasteiger partial charge in [-0.3, -0.25) is 0 Å². The van der Waals surface area contributed by atoms with Gasteiger partial charge in [0.2, 0.25) is 0 Å². The largest absolute Gasteiger partial charge is 0.398 e. The van der Waals surface area contributed by atoms with Crippen LogP contribution in [0.2, 0.25) is 0 Å². The molecule has 1 aromatic heterocycles. The molecule has 0 aliphatic heterocycles. The highest BCUT2D eigenvalue weighted by atomic mass is 32.1. The summed E-state index contributed by atoms with van der Waals surface area (Å²) in [4.78, 5) is 0. The predicted octanol–water partition coefficient (Wildman–Crippen LogP) is 5.07. The van der Waals surface area contributed by atoms with E-state index in [-0.39, 0.29) is 0 Å². The molecular weight excluding hydrogens is 250 g/mol. The molecule has 1 heterocycles. The van der Waals surface area contributed by atoms with Crippen LogP contribution >= 0.6 is 11.3 Å². The van der Waals surface area contributed by atoms with E-state index in [0.29, 0.717) is 0 Å². The Morgan fingerprint density at radius 3 is 2.68 bits per heavy atom. The Balaban J connectivity index is 2.27. The molecule has 0 bridgehead atoms. The van der Waals surface area contributed by atoms with Gasteiger partial charge in [-0.1, -0.05) is 36.4 Å². The third-order valence-electron chi connectivity index (χ3n) is 3.62. The van der Waals surface area contributed by atoms with Crippen molar-refractivity contribution in [3.63, 3.8) is 0 Å². The molecule has 2 heteroatoms. The van der Waals surface area contributed by atoms with Gasteiger partial charge in [0.15, 0.2) is 0 Å². The lowest BCUT2D eigenvalue weighted by molar-refractivity contribution is 1.44. The van der Waals surface area contributed by atoms with Gasteiger partial charge in [0, 0.05) is 25.9 Å². The number of hydrogen-bond donors (Lipinski definition) is 1. The fourth-order valence-corrected chi connectivity index (χ4v) is 3.92. The van der Waals surface area contributed by atoms with Crippen LogP contribution in [0.4, 0.5) is 5.69 Å². The van der Waals surface area contributed by atoms with Crippen LogP contribution in [0.5, 0.6) is 0 Å². The number of anilines is 1. The molecule has 2 N–H and O–H groups in total. The molecule has 0 atom stereocenters. The second-order valence-corrected chi connectivity index (χ2v) is 5.89. The van der Waals surface area contributed by atoms with Gasteiger partial charge in [-0.15, -0.1) is 11.3 Å². The molecule has 3 aromatic rings. The standard InChI is InChI=1S/C17H13NS/c18-13-7-4-8-14-17(13)16-12-6-3-1-2-5-11(12)9-10-15(16)19-14/h2-10H,1,18H2. The second-order valence-electron chi connectivity index (χ2n) is 4.80. The van der Waals surface area contributed by atoms with Crippen LogP contribution in [0.25, 0.3) is 32.3 Å². The quantitative estimate of drug-likeness (QED) is 0.563. The number of nitrogens with two attached hydrogens (primary N) is 1. The van der Waals surface area contributed by atoms with E-state index in [4.69, 9.17) is 5.73 Å². The van der Waals surface area contributed by atoms with Gasteiger partial charge in [-0.05, 0) is 35.7 Å². The number of benzene rings is 2. The molecule has 1 nitrogen and oxygen atoms in total. The normalized spacial score (nSPS) is 13.9. The lowest BCUT2D eigenvalue weighted by atomic mass is 10.00. The number of fused-ring (bicyclic) bond motifs is 5. The van der Waals surface area contributed by atoms with Gasteiger partial charge in [-0.25, -0.2) is 0 Å². The lowest BCUT2D eigenvalue weighted by Crippen LogP contribution is -1.86. The monoisotopic (exact) mass is 263 g/mol. The zero-order chi connectivity index (χ0) is 12.8. The van der Waals surface area contributed by atoms with Crippen molar-refractivity contribution in [2.24, 2.45) is 0 Å². The molecule has 0 saturated carbocycles. The first kappa shape index (κ1) is 10.8. The average molecular weight is 263 g/mol. The maximum Gasteiger partial charge on any atom is 0.0408 e. The second kappa shape index (κ2) is 3.97. The minimum atomic E-state index is 0.874. The fraction of sp³-hybridized carbons (Fsp3) is 0.0588. The first-order valence-electron chi connectivity index (χ1n) is 6.41. The van der Waals surface area contributed by atoms with Crippen molar-refractivity contribution in [2.45, 2.75) is 6.42 Å². The van der Waals surface area contributed by atoms with Crippen molar-refractivity contribution in [3.8, 4) is 0 Å². The van der Waals surface area contributed by atoms with Gasteiger partial charge in [0.05, 0.1) is 0 Å².